The quantitative estimate of drug-likeness (QED) is 0.591. The molecular weight excluding hydrogens is 352 g/mol. The van der Waals surface area contributed by atoms with E-state index in [1.54, 1.807) is 50.2 Å². The third-order valence-corrected chi connectivity index (χ3v) is 5.76. The first-order chi connectivity index (χ1) is 11.5. The molecule has 2 aromatic rings. The lowest BCUT2D eigenvalue weighted by atomic mass is 10.2. The molecule has 1 unspecified atom stereocenters. The van der Waals surface area contributed by atoms with Crippen LogP contribution in [0.1, 0.15) is 25.2 Å². The van der Waals surface area contributed by atoms with Gasteiger partial charge in [0.15, 0.2) is 5.78 Å². The van der Waals surface area contributed by atoms with Crippen LogP contribution in [0.3, 0.4) is 0 Å². The Labute approximate surface area is 146 Å². The van der Waals surface area contributed by atoms with Gasteiger partial charge in [-0.3, -0.25) is 4.57 Å². The van der Waals surface area contributed by atoms with Gasteiger partial charge in [0.05, 0.1) is 13.2 Å². The zero-order valence-corrected chi connectivity index (χ0v) is 15.2. The van der Waals surface area contributed by atoms with Crippen molar-refractivity contribution < 1.29 is 18.0 Å². The Morgan fingerprint density at radius 1 is 1.12 bits per heavy atom. The Bertz CT molecular complexity index is 718. The molecule has 1 N–H and O–H groups in total. The summed E-state index contributed by atoms with van der Waals surface area (Å²) in [6.07, 6.45) is 0. The summed E-state index contributed by atoms with van der Waals surface area (Å²) in [6, 6.07) is 12.8. The van der Waals surface area contributed by atoms with Crippen LogP contribution in [0.15, 0.2) is 48.5 Å². The van der Waals surface area contributed by atoms with E-state index in [-0.39, 0.29) is 13.2 Å². The fraction of sp³-hybridized carbons (Fsp3) is 0.294. The number of nitrogens with one attached hydrogen (secondary N) is 1. The largest absolute Gasteiger partial charge is 0.368 e. The van der Waals surface area contributed by atoms with Crippen molar-refractivity contribution in [2.45, 2.75) is 19.6 Å². The van der Waals surface area contributed by atoms with E-state index >= 15 is 0 Å². The van der Waals surface area contributed by atoms with Crippen LogP contribution < -0.4 is 5.32 Å². The van der Waals surface area contributed by atoms with Crippen LogP contribution in [0.2, 0.25) is 5.02 Å². The lowest BCUT2D eigenvalue weighted by Crippen LogP contribution is -2.15. The van der Waals surface area contributed by atoms with Crippen molar-refractivity contribution in [3.63, 3.8) is 0 Å². The normalized spacial score (nSPS) is 12.8. The first-order valence-corrected chi connectivity index (χ1v) is 9.64. The second-order valence-electron chi connectivity index (χ2n) is 4.99. The van der Waals surface area contributed by atoms with Crippen molar-refractivity contribution in [2.24, 2.45) is 0 Å². The minimum atomic E-state index is -3.57. The lowest BCUT2D eigenvalue weighted by Gasteiger charge is -2.28. The molecule has 0 fully saturated rings. The summed E-state index contributed by atoms with van der Waals surface area (Å²) < 4.78 is 37.8. The molecule has 0 saturated heterocycles. The number of benzene rings is 2. The first-order valence-electron chi connectivity index (χ1n) is 7.65. The summed E-state index contributed by atoms with van der Waals surface area (Å²) in [5.74, 6) is -1.28. The summed E-state index contributed by atoms with van der Waals surface area (Å²) in [4.78, 5) is 0. The highest BCUT2D eigenvalue weighted by Crippen LogP contribution is 2.60. The maximum absolute atomic E-state index is 13.7. The molecule has 0 aliphatic rings. The van der Waals surface area contributed by atoms with Crippen molar-refractivity contribution in [1.29, 1.82) is 0 Å². The number of anilines is 1. The molecule has 0 amide bonds. The molecule has 130 valence electrons. The average molecular weight is 372 g/mol. The van der Waals surface area contributed by atoms with E-state index in [9.17, 15) is 8.96 Å². The van der Waals surface area contributed by atoms with Gasteiger partial charge in [0, 0.05) is 10.7 Å². The highest BCUT2D eigenvalue weighted by molar-refractivity contribution is 7.54. The van der Waals surface area contributed by atoms with Crippen LogP contribution >= 0.6 is 19.2 Å². The smallest absolute Gasteiger partial charge is 0.357 e. The van der Waals surface area contributed by atoms with Crippen molar-refractivity contribution in [2.75, 3.05) is 18.5 Å². The van der Waals surface area contributed by atoms with E-state index in [1.165, 1.54) is 12.1 Å². The summed E-state index contributed by atoms with van der Waals surface area (Å²) in [5, 5.41) is 3.64. The van der Waals surface area contributed by atoms with Crippen molar-refractivity contribution in [3.05, 3.63) is 64.9 Å². The molecular formula is C17H20ClFNO3P. The molecule has 0 saturated carbocycles. The Morgan fingerprint density at radius 3 is 2.38 bits per heavy atom. The lowest BCUT2D eigenvalue weighted by molar-refractivity contribution is 0.214. The van der Waals surface area contributed by atoms with E-state index < -0.39 is 19.2 Å². The summed E-state index contributed by atoms with van der Waals surface area (Å²) in [5.41, 5.74) is 1.11. The van der Waals surface area contributed by atoms with Crippen LogP contribution in [-0.2, 0) is 13.6 Å². The van der Waals surface area contributed by atoms with Gasteiger partial charge in [-0.15, -0.1) is 0 Å². The SMILES string of the molecule is CCOP(=O)(OCC)C(Nc1cccc(Cl)c1)c1cccc(F)c1. The second-order valence-corrected chi connectivity index (χ2v) is 7.54. The number of halogens is 2. The summed E-state index contributed by atoms with van der Waals surface area (Å²) in [6.45, 7) is 3.88. The van der Waals surface area contributed by atoms with Crippen LogP contribution in [0.5, 0.6) is 0 Å². The van der Waals surface area contributed by atoms with Crippen molar-refractivity contribution in [3.8, 4) is 0 Å². The first kappa shape index (κ1) is 18.9. The molecule has 0 aliphatic heterocycles. The van der Waals surface area contributed by atoms with Crippen LogP contribution in [-0.4, -0.2) is 13.2 Å². The average Bonchev–Trinajstić information content (AvgIpc) is 2.53. The minimum absolute atomic E-state index is 0.209. The van der Waals surface area contributed by atoms with Gasteiger partial charge in [0.25, 0.3) is 0 Å². The van der Waals surface area contributed by atoms with Crippen LogP contribution in [0.4, 0.5) is 10.1 Å². The minimum Gasteiger partial charge on any atom is -0.368 e. The van der Waals surface area contributed by atoms with E-state index in [0.717, 1.165) is 0 Å². The molecule has 0 spiro atoms. The van der Waals surface area contributed by atoms with E-state index in [4.69, 9.17) is 20.6 Å². The molecule has 2 rings (SSSR count). The van der Waals surface area contributed by atoms with Gasteiger partial charge < -0.3 is 14.4 Å². The Kier molecular flexibility index (Phi) is 6.81. The molecule has 0 radical (unpaired) electrons. The van der Waals surface area contributed by atoms with Crippen molar-refractivity contribution >= 4 is 24.9 Å². The molecule has 7 heteroatoms. The molecule has 0 aromatic heterocycles. The summed E-state index contributed by atoms with van der Waals surface area (Å²) in [7, 11) is -3.57. The van der Waals surface area contributed by atoms with E-state index in [1.807, 2.05) is 0 Å². The van der Waals surface area contributed by atoms with E-state index in [2.05, 4.69) is 5.32 Å². The Morgan fingerprint density at radius 2 is 1.79 bits per heavy atom. The zero-order valence-electron chi connectivity index (χ0n) is 13.5. The van der Waals surface area contributed by atoms with Gasteiger partial charge in [-0.25, -0.2) is 4.39 Å². The predicted octanol–water partition coefficient (Wildman–Crippen LogP) is 5.86. The predicted molar refractivity (Wildman–Crippen MR) is 95.1 cm³/mol. The third-order valence-electron chi connectivity index (χ3n) is 3.23. The Balaban J connectivity index is 2.45. The van der Waals surface area contributed by atoms with Gasteiger partial charge >= 0.3 is 7.60 Å². The van der Waals surface area contributed by atoms with Gasteiger partial charge in [0.1, 0.15) is 5.82 Å². The van der Waals surface area contributed by atoms with Gasteiger partial charge in [-0.2, -0.15) is 0 Å². The molecule has 0 bridgehead atoms. The monoisotopic (exact) mass is 371 g/mol. The third kappa shape index (κ3) is 4.81. The highest BCUT2D eigenvalue weighted by atomic mass is 35.5. The van der Waals surface area contributed by atoms with Crippen LogP contribution in [0.25, 0.3) is 0 Å². The molecule has 2 aromatic carbocycles. The van der Waals surface area contributed by atoms with E-state index in [0.29, 0.717) is 16.3 Å². The molecule has 4 nitrogen and oxygen atoms in total. The fourth-order valence-electron chi connectivity index (χ4n) is 2.30. The molecule has 1 atom stereocenters. The number of rotatable bonds is 8. The standard InChI is InChI=1S/C17H20ClFNO3P/c1-3-22-24(21,23-4-2)17(13-7-5-9-15(19)11-13)20-16-10-6-8-14(18)12-16/h5-12,17,20H,3-4H2,1-2H3. The van der Waals surface area contributed by atoms with Gasteiger partial charge in [-0.05, 0) is 49.7 Å². The van der Waals surface area contributed by atoms with Gasteiger partial charge in [-0.1, -0.05) is 29.8 Å². The number of hydrogen-bond donors (Lipinski definition) is 1. The highest BCUT2D eigenvalue weighted by Gasteiger charge is 2.37. The second kappa shape index (κ2) is 8.63. The maximum atomic E-state index is 13.7. The zero-order chi connectivity index (χ0) is 17.6. The number of hydrogen-bond acceptors (Lipinski definition) is 4. The fourth-order valence-corrected chi connectivity index (χ4v) is 4.42. The Hall–Kier alpha value is -1.39. The van der Waals surface area contributed by atoms with Gasteiger partial charge in [0.2, 0.25) is 0 Å². The molecule has 24 heavy (non-hydrogen) atoms. The van der Waals surface area contributed by atoms with Crippen LogP contribution in [0, 0.1) is 5.82 Å². The summed E-state index contributed by atoms with van der Waals surface area (Å²) >= 11 is 6.00. The topological polar surface area (TPSA) is 47.6 Å². The molecule has 0 aliphatic carbocycles. The maximum Gasteiger partial charge on any atom is 0.357 e. The van der Waals surface area contributed by atoms with Crippen molar-refractivity contribution in [1.82, 2.24) is 0 Å². The molecule has 0 heterocycles.